The van der Waals surface area contributed by atoms with Gasteiger partial charge in [0.15, 0.2) is 0 Å². The summed E-state index contributed by atoms with van der Waals surface area (Å²) in [5, 5.41) is 1.04. The molecule has 1 aliphatic rings. The Morgan fingerprint density at radius 1 is 1.06 bits per heavy atom. The second kappa shape index (κ2) is 6.46. The Kier molecular flexibility index (Phi) is 4.93. The van der Waals surface area contributed by atoms with E-state index in [9.17, 15) is 0 Å². The number of benzene rings is 1. The van der Waals surface area contributed by atoms with Gasteiger partial charge in [-0.1, -0.05) is 28.8 Å². The largest absolute Gasteiger partial charge is 0.494 e. The number of hydrogen-bond donors (Lipinski definition) is 0. The number of alkyl halides is 1. The fourth-order valence-corrected chi connectivity index (χ4v) is 3.20. The predicted octanol–water partition coefficient (Wildman–Crippen LogP) is 4.42. The van der Waals surface area contributed by atoms with Gasteiger partial charge < -0.3 is 9.47 Å². The molecule has 1 aromatic rings. The molecule has 0 amide bonds. The van der Waals surface area contributed by atoms with E-state index in [1.54, 1.807) is 0 Å². The van der Waals surface area contributed by atoms with Crippen LogP contribution in [0.3, 0.4) is 0 Å². The van der Waals surface area contributed by atoms with Crippen LogP contribution in [0.4, 0.5) is 0 Å². The fourth-order valence-electron chi connectivity index (χ4n) is 2.48. The average molecular weight is 313 g/mol. The van der Waals surface area contributed by atoms with Crippen molar-refractivity contribution in [2.24, 2.45) is 5.41 Å². The van der Waals surface area contributed by atoms with Crippen molar-refractivity contribution in [3.8, 4) is 11.5 Å². The summed E-state index contributed by atoms with van der Waals surface area (Å²) in [6, 6.07) is 7.91. The van der Waals surface area contributed by atoms with Gasteiger partial charge in [0.05, 0.1) is 13.2 Å². The Morgan fingerprint density at radius 2 is 1.61 bits per heavy atom. The standard InChI is InChI=1S/C15H21BrO2/c1-2-17-13-5-7-14(8-6-13)18-12-15(11-16)9-3-4-10-15/h5-8H,2-4,9-12H2,1H3. The maximum atomic E-state index is 5.93. The third-order valence-electron chi connectivity index (χ3n) is 3.63. The van der Waals surface area contributed by atoms with Crippen LogP contribution in [0.2, 0.25) is 0 Å². The molecule has 0 aliphatic heterocycles. The van der Waals surface area contributed by atoms with Gasteiger partial charge in [-0.15, -0.1) is 0 Å². The molecular weight excluding hydrogens is 292 g/mol. The lowest BCUT2D eigenvalue weighted by atomic mass is 9.90. The van der Waals surface area contributed by atoms with Crippen LogP contribution in [0, 0.1) is 5.41 Å². The summed E-state index contributed by atoms with van der Waals surface area (Å²) in [5.41, 5.74) is 0.346. The van der Waals surface area contributed by atoms with E-state index >= 15 is 0 Å². The molecule has 0 N–H and O–H groups in total. The molecular formula is C15H21BrO2. The smallest absolute Gasteiger partial charge is 0.119 e. The zero-order valence-electron chi connectivity index (χ0n) is 11.0. The fraction of sp³-hybridized carbons (Fsp3) is 0.600. The van der Waals surface area contributed by atoms with Gasteiger partial charge in [0.2, 0.25) is 0 Å². The quantitative estimate of drug-likeness (QED) is 0.724. The summed E-state index contributed by atoms with van der Waals surface area (Å²) in [6.07, 6.45) is 5.21. The lowest BCUT2D eigenvalue weighted by Crippen LogP contribution is -2.26. The van der Waals surface area contributed by atoms with E-state index in [0.29, 0.717) is 12.0 Å². The van der Waals surface area contributed by atoms with Gasteiger partial charge in [-0.3, -0.25) is 0 Å². The molecule has 0 atom stereocenters. The molecule has 100 valence electrons. The Bertz CT molecular complexity index is 355. The van der Waals surface area contributed by atoms with E-state index in [4.69, 9.17) is 9.47 Å². The molecule has 1 fully saturated rings. The van der Waals surface area contributed by atoms with Crippen LogP contribution in [0.5, 0.6) is 11.5 Å². The van der Waals surface area contributed by atoms with Crippen molar-refractivity contribution >= 4 is 15.9 Å². The van der Waals surface area contributed by atoms with Gasteiger partial charge in [-0.2, -0.15) is 0 Å². The van der Waals surface area contributed by atoms with E-state index in [2.05, 4.69) is 15.9 Å². The van der Waals surface area contributed by atoms with Crippen LogP contribution in [-0.2, 0) is 0 Å². The molecule has 0 bridgehead atoms. The molecule has 1 aromatic carbocycles. The normalized spacial score (nSPS) is 17.7. The van der Waals surface area contributed by atoms with Crippen molar-refractivity contribution in [1.82, 2.24) is 0 Å². The Labute approximate surface area is 118 Å². The molecule has 2 nitrogen and oxygen atoms in total. The second-order valence-corrected chi connectivity index (χ2v) is 5.59. The average Bonchev–Trinajstić information content (AvgIpc) is 2.88. The van der Waals surface area contributed by atoms with Gasteiger partial charge in [0.25, 0.3) is 0 Å². The van der Waals surface area contributed by atoms with Crippen LogP contribution in [-0.4, -0.2) is 18.5 Å². The maximum absolute atomic E-state index is 5.93. The summed E-state index contributed by atoms with van der Waals surface area (Å²) >= 11 is 3.64. The SMILES string of the molecule is CCOc1ccc(OCC2(CBr)CCCC2)cc1. The zero-order chi connectivity index (χ0) is 12.8. The van der Waals surface area contributed by atoms with Crippen LogP contribution in [0.15, 0.2) is 24.3 Å². The first-order valence-electron chi connectivity index (χ1n) is 6.70. The highest BCUT2D eigenvalue weighted by Gasteiger charge is 2.33. The van der Waals surface area contributed by atoms with Gasteiger partial charge in [0.1, 0.15) is 11.5 Å². The molecule has 1 saturated carbocycles. The van der Waals surface area contributed by atoms with E-state index < -0.39 is 0 Å². The number of rotatable bonds is 6. The lowest BCUT2D eigenvalue weighted by Gasteiger charge is -2.26. The van der Waals surface area contributed by atoms with Crippen molar-refractivity contribution in [3.63, 3.8) is 0 Å². The van der Waals surface area contributed by atoms with E-state index in [1.807, 2.05) is 31.2 Å². The molecule has 0 saturated heterocycles. The molecule has 18 heavy (non-hydrogen) atoms. The number of hydrogen-bond acceptors (Lipinski definition) is 2. The lowest BCUT2D eigenvalue weighted by molar-refractivity contribution is 0.174. The van der Waals surface area contributed by atoms with Crippen molar-refractivity contribution in [2.45, 2.75) is 32.6 Å². The molecule has 0 radical (unpaired) electrons. The highest BCUT2D eigenvalue weighted by Crippen LogP contribution is 2.40. The molecule has 0 spiro atoms. The minimum absolute atomic E-state index is 0.346. The molecule has 3 heteroatoms. The van der Waals surface area contributed by atoms with Crippen LogP contribution in [0.1, 0.15) is 32.6 Å². The Morgan fingerprint density at radius 3 is 2.11 bits per heavy atom. The van der Waals surface area contributed by atoms with Crippen molar-refractivity contribution < 1.29 is 9.47 Å². The van der Waals surface area contributed by atoms with Crippen molar-refractivity contribution in [2.75, 3.05) is 18.5 Å². The second-order valence-electron chi connectivity index (χ2n) is 5.03. The minimum Gasteiger partial charge on any atom is -0.494 e. The maximum Gasteiger partial charge on any atom is 0.119 e. The van der Waals surface area contributed by atoms with E-state index in [1.165, 1.54) is 25.7 Å². The topological polar surface area (TPSA) is 18.5 Å². The van der Waals surface area contributed by atoms with Crippen LogP contribution in [0.25, 0.3) is 0 Å². The summed E-state index contributed by atoms with van der Waals surface area (Å²) < 4.78 is 11.3. The van der Waals surface area contributed by atoms with E-state index in [0.717, 1.165) is 23.4 Å². The van der Waals surface area contributed by atoms with Crippen LogP contribution < -0.4 is 9.47 Å². The highest BCUT2D eigenvalue weighted by atomic mass is 79.9. The Balaban J connectivity index is 1.89. The monoisotopic (exact) mass is 312 g/mol. The summed E-state index contributed by atoms with van der Waals surface area (Å²) in [4.78, 5) is 0. The number of ether oxygens (including phenoxy) is 2. The van der Waals surface area contributed by atoms with Crippen molar-refractivity contribution in [1.29, 1.82) is 0 Å². The molecule has 0 heterocycles. The molecule has 0 aromatic heterocycles. The first-order valence-corrected chi connectivity index (χ1v) is 7.82. The molecule has 0 unspecified atom stereocenters. The van der Waals surface area contributed by atoms with Crippen LogP contribution >= 0.6 is 15.9 Å². The van der Waals surface area contributed by atoms with Gasteiger partial charge in [0, 0.05) is 10.7 Å². The van der Waals surface area contributed by atoms with E-state index in [-0.39, 0.29) is 0 Å². The number of halogens is 1. The summed E-state index contributed by atoms with van der Waals surface area (Å²) in [6.45, 7) is 3.50. The summed E-state index contributed by atoms with van der Waals surface area (Å²) in [5.74, 6) is 1.84. The summed E-state index contributed by atoms with van der Waals surface area (Å²) in [7, 11) is 0. The first-order chi connectivity index (χ1) is 8.78. The highest BCUT2D eigenvalue weighted by molar-refractivity contribution is 9.09. The van der Waals surface area contributed by atoms with Crippen molar-refractivity contribution in [3.05, 3.63) is 24.3 Å². The van der Waals surface area contributed by atoms with Gasteiger partial charge in [-0.25, -0.2) is 0 Å². The predicted molar refractivity (Wildman–Crippen MR) is 77.8 cm³/mol. The molecule has 2 rings (SSSR count). The molecule has 1 aliphatic carbocycles. The van der Waals surface area contributed by atoms with Gasteiger partial charge >= 0.3 is 0 Å². The Hall–Kier alpha value is -0.700. The zero-order valence-corrected chi connectivity index (χ0v) is 12.5. The first kappa shape index (κ1) is 13.7. The third-order valence-corrected chi connectivity index (χ3v) is 4.82. The minimum atomic E-state index is 0.346. The third kappa shape index (κ3) is 3.41. The van der Waals surface area contributed by atoms with Gasteiger partial charge in [-0.05, 0) is 44.0 Å².